The lowest BCUT2D eigenvalue weighted by atomic mass is 10.2. The fourth-order valence-corrected chi connectivity index (χ4v) is 2.61. The highest BCUT2D eigenvalue weighted by atomic mass is 16.6. The van der Waals surface area contributed by atoms with Gasteiger partial charge in [-0.15, -0.1) is 0 Å². The Morgan fingerprint density at radius 1 is 1.11 bits per heavy atom. The number of carbonyl (C=O) groups is 2. The number of fused-ring (bicyclic) bond motifs is 2. The number of amides is 2. The third kappa shape index (κ3) is 1.98. The normalized spacial score (nSPS) is 29.6. The highest BCUT2D eigenvalue weighted by Gasteiger charge is 2.55. The van der Waals surface area contributed by atoms with Crippen molar-refractivity contribution in [1.29, 1.82) is 0 Å². The van der Waals surface area contributed by atoms with Crippen LogP contribution < -0.4 is 0 Å². The molecule has 1 saturated heterocycles. The maximum absolute atomic E-state index is 11.8. The molecule has 1 aliphatic carbocycles. The predicted molar refractivity (Wildman–Crippen MR) is 60.5 cm³/mol. The summed E-state index contributed by atoms with van der Waals surface area (Å²) in [6, 6.07) is -0.577. The van der Waals surface area contributed by atoms with Crippen molar-refractivity contribution in [2.45, 2.75) is 44.9 Å². The lowest BCUT2D eigenvalue weighted by Crippen LogP contribution is -2.57. The molecule has 7 nitrogen and oxygen atoms in total. The molecule has 1 heterocycles. The van der Waals surface area contributed by atoms with Gasteiger partial charge in [0.2, 0.25) is 0 Å². The van der Waals surface area contributed by atoms with Crippen LogP contribution >= 0.6 is 0 Å². The van der Waals surface area contributed by atoms with Crippen molar-refractivity contribution in [1.82, 2.24) is 10.0 Å². The molecule has 18 heavy (non-hydrogen) atoms. The molecule has 0 unspecified atom stereocenters. The van der Waals surface area contributed by atoms with Crippen molar-refractivity contribution in [3.63, 3.8) is 0 Å². The fourth-order valence-electron chi connectivity index (χ4n) is 2.61. The maximum Gasteiger partial charge on any atom is 0.429 e. The topological polar surface area (TPSA) is 79.3 Å². The van der Waals surface area contributed by atoms with Gasteiger partial charge < -0.3 is 14.6 Å². The van der Waals surface area contributed by atoms with E-state index in [-0.39, 0.29) is 19.3 Å². The molecule has 0 radical (unpaired) electrons. The average molecular weight is 258 g/mol. The number of hydrogen-bond acceptors (Lipinski definition) is 5. The van der Waals surface area contributed by atoms with Crippen LogP contribution in [0.25, 0.3) is 0 Å². The Bertz CT molecular complexity index is 348. The van der Waals surface area contributed by atoms with E-state index in [0.717, 1.165) is 0 Å². The molecule has 2 amide bonds. The Morgan fingerprint density at radius 2 is 1.67 bits per heavy atom. The Hall–Kier alpha value is -1.50. The van der Waals surface area contributed by atoms with Crippen molar-refractivity contribution < 1.29 is 24.2 Å². The van der Waals surface area contributed by atoms with E-state index in [9.17, 15) is 14.7 Å². The van der Waals surface area contributed by atoms with Crippen molar-refractivity contribution >= 4 is 12.2 Å². The van der Waals surface area contributed by atoms with E-state index in [2.05, 4.69) is 0 Å². The number of carbonyl (C=O) groups excluding carboxylic acids is 2. The molecule has 102 valence electrons. The first-order valence-electron chi connectivity index (χ1n) is 6.20. The minimum absolute atomic E-state index is 0.187. The zero-order valence-electron chi connectivity index (χ0n) is 10.5. The van der Waals surface area contributed by atoms with Crippen LogP contribution in [-0.2, 0) is 9.47 Å². The number of aliphatic hydroxyl groups excluding tert-OH is 1. The summed E-state index contributed by atoms with van der Waals surface area (Å²) in [5, 5.41) is 12.3. The van der Waals surface area contributed by atoms with Crippen LogP contribution in [0.4, 0.5) is 9.59 Å². The number of rotatable bonds is 2. The highest BCUT2D eigenvalue weighted by Crippen LogP contribution is 2.38. The molecule has 1 saturated carbocycles. The standard InChI is InChI=1S/C11H18N2O5/c1-3-17-10(15)12-7-5-8(9(14)6-7)13(12)11(16)18-4-2/h7-9,14H,3-6H2,1-2H3/t7-,8-,9-/m0/s1. The zero-order chi connectivity index (χ0) is 13.3. The van der Waals surface area contributed by atoms with Crippen LogP contribution in [0.2, 0.25) is 0 Å². The van der Waals surface area contributed by atoms with Gasteiger partial charge in [-0.25, -0.2) is 19.6 Å². The van der Waals surface area contributed by atoms with Crippen LogP contribution in [0.15, 0.2) is 0 Å². The minimum atomic E-state index is -0.614. The lowest BCUT2D eigenvalue weighted by molar-refractivity contribution is -0.0730. The molecule has 0 spiro atoms. The number of aliphatic hydroxyl groups is 1. The zero-order valence-corrected chi connectivity index (χ0v) is 10.5. The number of hydrogen-bond donors (Lipinski definition) is 1. The molecular formula is C11H18N2O5. The van der Waals surface area contributed by atoms with Gasteiger partial charge in [-0.05, 0) is 26.7 Å². The van der Waals surface area contributed by atoms with Gasteiger partial charge in [0.15, 0.2) is 0 Å². The average Bonchev–Trinajstić information content (AvgIpc) is 2.85. The van der Waals surface area contributed by atoms with Gasteiger partial charge >= 0.3 is 12.2 Å². The fraction of sp³-hybridized carbons (Fsp3) is 0.818. The Labute approximate surface area is 105 Å². The number of nitrogens with zero attached hydrogens (tertiary/aromatic N) is 2. The summed E-state index contributed by atoms with van der Waals surface area (Å²) in [5.74, 6) is 0. The van der Waals surface area contributed by atoms with E-state index in [1.807, 2.05) is 0 Å². The quantitative estimate of drug-likeness (QED) is 0.789. The van der Waals surface area contributed by atoms with Crippen LogP contribution in [-0.4, -0.2) is 58.7 Å². The summed E-state index contributed by atoms with van der Waals surface area (Å²) in [6.07, 6.45) is -0.745. The van der Waals surface area contributed by atoms with E-state index >= 15 is 0 Å². The molecule has 3 atom stereocenters. The van der Waals surface area contributed by atoms with E-state index in [4.69, 9.17) is 9.47 Å². The second kappa shape index (κ2) is 5.01. The monoisotopic (exact) mass is 258 g/mol. The molecule has 0 aromatic heterocycles. The minimum Gasteiger partial charge on any atom is -0.448 e. The Morgan fingerprint density at radius 3 is 2.22 bits per heavy atom. The SMILES string of the molecule is CCOC(=O)N1[C@@H]2C[C@H](O)[C@H](C2)N1C(=O)OCC. The summed E-state index contributed by atoms with van der Waals surface area (Å²) in [4.78, 5) is 23.7. The predicted octanol–water partition coefficient (Wildman–Crippen LogP) is 0.724. The van der Waals surface area contributed by atoms with E-state index < -0.39 is 24.3 Å². The molecule has 7 heteroatoms. The van der Waals surface area contributed by atoms with Crippen molar-refractivity contribution in [3.8, 4) is 0 Å². The molecule has 2 bridgehead atoms. The third-order valence-corrected chi connectivity index (χ3v) is 3.27. The molecule has 2 rings (SSSR count). The molecule has 0 aromatic carbocycles. The Balaban J connectivity index is 2.16. The number of ether oxygens (including phenoxy) is 2. The van der Waals surface area contributed by atoms with E-state index in [0.29, 0.717) is 12.8 Å². The van der Waals surface area contributed by atoms with Gasteiger partial charge in [0, 0.05) is 0 Å². The highest BCUT2D eigenvalue weighted by molar-refractivity contribution is 5.76. The summed E-state index contributed by atoms with van der Waals surface area (Å²) >= 11 is 0. The van der Waals surface area contributed by atoms with Gasteiger partial charge in [0.1, 0.15) is 0 Å². The summed E-state index contributed by atoms with van der Waals surface area (Å²) in [6.45, 7) is 3.86. The molecular weight excluding hydrogens is 240 g/mol. The van der Waals surface area contributed by atoms with Crippen molar-refractivity contribution in [2.24, 2.45) is 0 Å². The van der Waals surface area contributed by atoms with Gasteiger partial charge in [-0.2, -0.15) is 0 Å². The van der Waals surface area contributed by atoms with E-state index in [1.54, 1.807) is 13.8 Å². The van der Waals surface area contributed by atoms with Crippen molar-refractivity contribution in [2.75, 3.05) is 13.2 Å². The summed E-state index contributed by atoms with van der Waals surface area (Å²) < 4.78 is 9.84. The summed E-state index contributed by atoms with van der Waals surface area (Å²) in [5.41, 5.74) is 0. The van der Waals surface area contributed by atoms with Gasteiger partial charge in [0.05, 0.1) is 31.4 Å². The molecule has 2 fully saturated rings. The largest absolute Gasteiger partial charge is 0.448 e. The molecule has 1 N–H and O–H groups in total. The van der Waals surface area contributed by atoms with Crippen LogP contribution in [0, 0.1) is 0 Å². The summed E-state index contributed by atoms with van der Waals surface area (Å²) in [7, 11) is 0. The number of hydrazine groups is 1. The van der Waals surface area contributed by atoms with Gasteiger partial charge in [-0.1, -0.05) is 0 Å². The smallest absolute Gasteiger partial charge is 0.429 e. The first-order valence-corrected chi connectivity index (χ1v) is 6.20. The molecule has 0 aromatic rings. The first kappa shape index (κ1) is 12.9. The second-order valence-corrected chi connectivity index (χ2v) is 4.35. The van der Waals surface area contributed by atoms with Gasteiger partial charge in [-0.3, -0.25) is 0 Å². The third-order valence-electron chi connectivity index (χ3n) is 3.27. The van der Waals surface area contributed by atoms with Crippen LogP contribution in [0.1, 0.15) is 26.7 Å². The maximum atomic E-state index is 11.8. The molecule has 1 aliphatic heterocycles. The van der Waals surface area contributed by atoms with Gasteiger partial charge in [0.25, 0.3) is 0 Å². The second-order valence-electron chi connectivity index (χ2n) is 4.35. The first-order chi connectivity index (χ1) is 8.60. The Kier molecular flexibility index (Phi) is 3.60. The van der Waals surface area contributed by atoms with Crippen LogP contribution in [0.3, 0.4) is 0 Å². The van der Waals surface area contributed by atoms with E-state index in [1.165, 1.54) is 10.0 Å². The molecule has 2 aliphatic rings. The van der Waals surface area contributed by atoms with Crippen LogP contribution in [0.5, 0.6) is 0 Å². The van der Waals surface area contributed by atoms with Crippen molar-refractivity contribution in [3.05, 3.63) is 0 Å². The lowest BCUT2D eigenvalue weighted by Gasteiger charge is -2.37.